The molecule has 0 fully saturated rings. The molecule has 1 aromatic carbocycles. The Morgan fingerprint density at radius 1 is 1.16 bits per heavy atom. The Hall–Kier alpha value is -3.16. The summed E-state index contributed by atoms with van der Waals surface area (Å²) >= 11 is 0. The van der Waals surface area contributed by atoms with Crippen molar-refractivity contribution in [2.75, 3.05) is 5.32 Å². The lowest BCUT2D eigenvalue weighted by Crippen LogP contribution is -2.23. The standard InChI is InChI=1S/C17H19N7O/c1-17(2,3)24-15-11(8-21-24)14(19-9-20-15)18-7-10-4-5-12-13(6-10)23-16(25)22-12/h4-6,8-9H,7H2,1-3H3,(H,18,19,20)(H2,22,23,25). The molecule has 8 nitrogen and oxygen atoms in total. The van der Waals surface area contributed by atoms with Crippen molar-refractivity contribution in [3.63, 3.8) is 0 Å². The van der Waals surface area contributed by atoms with Gasteiger partial charge in [0.2, 0.25) is 0 Å². The van der Waals surface area contributed by atoms with Gasteiger partial charge in [0.1, 0.15) is 12.1 Å². The molecule has 128 valence electrons. The summed E-state index contributed by atoms with van der Waals surface area (Å²) in [6.07, 6.45) is 3.33. The van der Waals surface area contributed by atoms with E-state index in [9.17, 15) is 4.79 Å². The second-order valence-corrected chi connectivity index (χ2v) is 7.00. The van der Waals surface area contributed by atoms with Gasteiger partial charge in [-0.15, -0.1) is 0 Å². The van der Waals surface area contributed by atoms with Crippen LogP contribution in [-0.2, 0) is 12.1 Å². The van der Waals surface area contributed by atoms with Crippen molar-refractivity contribution in [2.24, 2.45) is 0 Å². The van der Waals surface area contributed by atoms with Crippen molar-refractivity contribution in [1.29, 1.82) is 0 Å². The number of hydrogen-bond donors (Lipinski definition) is 3. The van der Waals surface area contributed by atoms with Crippen molar-refractivity contribution in [3.05, 3.63) is 46.8 Å². The van der Waals surface area contributed by atoms with Crippen LogP contribution < -0.4 is 11.0 Å². The summed E-state index contributed by atoms with van der Waals surface area (Å²) in [6, 6.07) is 5.80. The third kappa shape index (κ3) is 2.75. The van der Waals surface area contributed by atoms with Gasteiger partial charge >= 0.3 is 5.69 Å². The van der Waals surface area contributed by atoms with Crippen LogP contribution in [0.3, 0.4) is 0 Å². The third-order valence-corrected chi connectivity index (χ3v) is 4.04. The summed E-state index contributed by atoms with van der Waals surface area (Å²) in [6.45, 7) is 6.83. The van der Waals surface area contributed by atoms with Crippen LogP contribution in [0.15, 0.2) is 35.5 Å². The van der Waals surface area contributed by atoms with Crippen molar-refractivity contribution in [3.8, 4) is 0 Å². The fourth-order valence-corrected chi connectivity index (χ4v) is 2.85. The largest absolute Gasteiger partial charge is 0.365 e. The Bertz CT molecular complexity index is 1110. The molecule has 8 heteroatoms. The van der Waals surface area contributed by atoms with Gasteiger partial charge in [-0.05, 0) is 38.5 Å². The topological polar surface area (TPSA) is 104 Å². The minimum atomic E-state index is -0.202. The molecule has 0 atom stereocenters. The number of anilines is 1. The number of nitrogens with one attached hydrogen (secondary N) is 3. The second kappa shape index (κ2) is 5.44. The number of H-pyrrole nitrogens is 2. The Morgan fingerprint density at radius 2 is 1.96 bits per heavy atom. The van der Waals surface area contributed by atoms with E-state index in [4.69, 9.17) is 0 Å². The number of fused-ring (bicyclic) bond motifs is 2. The molecule has 0 saturated carbocycles. The Balaban J connectivity index is 1.64. The number of rotatable bonds is 3. The van der Waals surface area contributed by atoms with Crippen LogP contribution in [0.1, 0.15) is 26.3 Å². The summed E-state index contributed by atoms with van der Waals surface area (Å²) in [5.41, 5.74) is 3.07. The third-order valence-electron chi connectivity index (χ3n) is 4.04. The molecule has 0 aliphatic rings. The van der Waals surface area contributed by atoms with E-state index in [1.165, 1.54) is 0 Å². The van der Waals surface area contributed by atoms with E-state index in [0.717, 1.165) is 33.4 Å². The molecule has 0 aliphatic carbocycles. The minimum absolute atomic E-state index is 0.154. The average molecular weight is 337 g/mol. The van der Waals surface area contributed by atoms with Gasteiger partial charge in [-0.25, -0.2) is 19.4 Å². The smallest absolute Gasteiger partial charge is 0.323 e. The van der Waals surface area contributed by atoms with Gasteiger partial charge in [0.25, 0.3) is 0 Å². The van der Waals surface area contributed by atoms with E-state index in [0.29, 0.717) is 6.54 Å². The zero-order chi connectivity index (χ0) is 17.6. The lowest BCUT2D eigenvalue weighted by Gasteiger charge is -2.19. The Kier molecular flexibility index (Phi) is 3.34. The fraction of sp³-hybridized carbons (Fsp3) is 0.294. The zero-order valence-corrected chi connectivity index (χ0v) is 14.3. The molecule has 4 rings (SSSR count). The molecule has 0 saturated heterocycles. The number of nitrogens with zero attached hydrogens (tertiary/aromatic N) is 4. The summed E-state index contributed by atoms with van der Waals surface area (Å²) in [5, 5.41) is 8.67. The number of aromatic nitrogens is 6. The first-order valence-corrected chi connectivity index (χ1v) is 8.06. The molecule has 0 unspecified atom stereocenters. The minimum Gasteiger partial charge on any atom is -0.365 e. The van der Waals surface area contributed by atoms with E-state index >= 15 is 0 Å². The van der Waals surface area contributed by atoms with Crippen LogP contribution in [-0.4, -0.2) is 29.7 Å². The van der Waals surface area contributed by atoms with Gasteiger partial charge in [-0.1, -0.05) is 6.07 Å². The molecule has 0 spiro atoms. The molecule has 3 aromatic heterocycles. The van der Waals surface area contributed by atoms with Crippen LogP contribution in [0.5, 0.6) is 0 Å². The van der Waals surface area contributed by atoms with Crippen LogP contribution in [0.4, 0.5) is 5.82 Å². The van der Waals surface area contributed by atoms with Gasteiger partial charge in [0, 0.05) is 6.54 Å². The molecule has 0 aliphatic heterocycles. The lowest BCUT2D eigenvalue weighted by atomic mass is 10.1. The van der Waals surface area contributed by atoms with Crippen molar-refractivity contribution < 1.29 is 0 Å². The van der Waals surface area contributed by atoms with E-state index in [2.05, 4.69) is 51.1 Å². The van der Waals surface area contributed by atoms with Gasteiger partial charge < -0.3 is 15.3 Å². The molecule has 0 radical (unpaired) electrons. The van der Waals surface area contributed by atoms with Gasteiger partial charge in [-0.3, -0.25) is 0 Å². The molecular weight excluding hydrogens is 318 g/mol. The lowest BCUT2D eigenvalue weighted by molar-refractivity contribution is 0.366. The first kappa shape index (κ1) is 15.4. The highest BCUT2D eigenvalue weighted by Gasteiger charge is 2.19. The average Bonchev–Trinajstić information content (AvgIpc) is 3.14. The van der Waals surface area contributed by atoms with Crippen LogP contribution in [0.2, 0.25) is 0 Å². The Labute approximate surface area is 143 Å². The van der Waals surface area contributed by atoms with Crippen LogP contribution >= 0.6 is 0 Å². The summed E-state index contributed by atoms with van der Waals surface area (Å²) < 4.78 is 1.89. The zero-order valence-electron chi connectivity index (χ0n) is 14.3. The van der Waals surface area contributed by atoms with E-state index < -0.39 is 0 Å². The second-order valence-electron chi connectivity index (χ2n) is 7.00. The number of benzene rings is 1. The number of imidazole rings is 1. The first-order valence-electron chi connectivity index (χ1n) is 8.06. The van der Waals surface area contributed by atoms with Gasteiger partial charge in [-0.2, -0.15) is 5.10 Å². The molecule has 3 heterocycles. The summed E-state index contributed by atoms with van der Waals surface area (Å²) in [4.78, 5) is 25.6. The molecule has 0 amide bonds. The quantitative estimate of drug-likeness (QED) is 0.532. The predicted molar refractivity (Wildman–Crippen MR) is 96.6 cm³/mol. The monoisotopic (exact) mass is 337 g/mol. The maximum Gasteiger partial charge on any atom is 0.323 e. The summed E-state index contributed by atoms with van der Waals surface area (Å²) in [5.74, 6) is 0.739. The molecule has 25 heavy (non-hydrogen) atoms. The highest BCUT2D eigenvalue weighted by atomic mass is 16.1. The predicted octanol–water partition coefficient (Wildman–Crippen LogP) is 2.36. The van der Waals surface area contributed by atoms with E-state index in [-0.39, 0.29) is 11.2 Å². The van der Waals surface area contributed by atoms with Gasteiger partial charge in [0.15, 0.2) is 5.65 Å². The van der Waals surface area contributed by atoms with Gasteiger partial charge in [0.05, 0.1) is 28.2 Å². The summed E-state index contributed by atoms with van der Waals surface area (Å²) in [7, 11) is 0. The number of aromatic amines is 2. The SMILES string of the molecule is CC(C)(C)n1ncc2c(NCc3ccc4[nH]c(=O)[nH]c4c3)ncnc21. The van der Waals surface area contributed by atoms with Crippen molar-refractivity contribution in [2.45, 2.75) is 32.9 Å². The van der Waals surface area contributed by atoms with E-state index in [1.807, 2.05) is 22.9 Å². The normalized spacial score (nSPS) is 12.1. The molecule has 3 N–H and O–H groups in total. The van der Waals surface area contributed by atoms with Crippen molar-refractivity contribution in [1.82, 2.24) is 29.7 Å². The highest BCUT2D eigenvalue weighted by molar-refractivity contribution is 5.86. The number of hydrogen-bond acceptors (Lipinski definition) is 5. The Morgan fingerprint density at radius 3 is 2.76 bits per heavy atom. The first-order chi connectivity index (χ1) is 11.9. The molecule has 4 aromatic rings. The van der Waals surface area contributed by atoms with E-state index in [1.54, 1.807) is 12.5 Å². The van der Waals surface area contributed by atoms with Crippen molar-refractivity contribution >= 4 is 27.9 Å². The maximum atomic E-state index is 11.4. The molecule has 0 bridgehead atoms. The fourth-order valence-electron chi connectivity index (χ4n) is 2.85. The van der Waals surface area contributed by atoms with Crippen LogP contribution in [0.25, 0.3) is 22.1 Å². The molecular formula is C17H19N7O. The highest BCUT2D eigenvalue weighted by Crippen LogP contribution is 2.24. The maximum absolute atomic E-state index is 11.4. The van der Waals surface area contributed by atoms with Crippen LogP contribution in [0, 0.1) is 0 Å².